The summed E-state index contributed by atoms with van der Waals surface area (Å²) in [6.07, 6.45) is 47.7. The lowest BCUT2D eigenvalue weighted by molar-refractivity contribution is -0.121. The molecule has 0 amide bonds. The summed E-state index contributed by atoms with van der Waals surface area (Å²) in [5.41, 5.74) is 0. The monoisotopic (exact) mass is 779 g/mol. The zero-order chi connectivity index (χ0) is 42.0. The molecule has 0 aromatic carbocycles. The standard InChI is InChI=1S/C24H48O.C12H26.2C8H16O/c1-4-7-10-12-14-17-19-23(20-18-15-13-11-8-5-2)22-24(25)21-16-9-6-3;1-3-5-7-9-11-12-10-8-6-4-2;1-4-5-6-7(2)8(3)9;1-3-4-5-6-7-8(2)9/h23H,4-22H2,1-3H3;3-12H2,1-2H3;7H,4-6H2,1-3H3;3-7H2,1-2H3. The molecule has 0 spiro atoms. The number of ketones is 3. The minimum Gasteiger partial charge on any atom is -0.300 e. The van der Waals surface area contributed by atoms with E-state index < -0.39 is 0 Å². The Morgan fingerprint density at radius 2 is 0.636 bits per heavy atom. The van der Waals surface area contributed by atoms with Crippen molar-refractivity contribution in [3.63, 3.8) is 0 Å². The van der Waals surface area contributed by atoms with Crippen LogP contribution in [-0.2, 0) is 14.4 Å². The van der Waals surface area contributed by atoms with Gasteiger partial charge in [0.25, 0.3) is 0 Å². The molecule has 0 aromatic rings. The highest BCUT2D eigenvalue weighted by Crippen LogP contribution is 2.23. The summed E-state index contributed by atoms with van der Waals surface area (Å²) in [7, 11) is 0. The van der Waals surface area contributed by atoms with Gasteiger partial charge in [0.2, 0.25) is 0 Å². The summed E-state index contributed by atoms with van der Waals surface area (Å²) in [5, 5.41) is 0. The van der Waals surface area contributed by atoms with Gasteiger partial charge in [0.15, 0.2) is 0 Å². The van der Waals surface area contributed by atoms with E-state index in [-0.39, 0.29) is 5.92 Å². The number of unbranched alkanes of at least 4 members (excludes halogenated alkanes) is 25. The highest BCUT2D eigenvalue weighted by atomic mass is 16.1. The third kappa shape index (κ3) is 62.4. The molecule has 1 atom stereocenters. The molecule has 0 aromatic heterocycles. The third-order valence-corrected chi connectivity index (χ3v) is 11.0. The molecule has 332 valence electrons. The Hall–Kier alpha value is -0.990. The van der Waals surface area contributed by atoms with Crippen LogP contribution >= 0.6 is 0 Å². The molecule has 0 N–H and O–H groups in total. The van der Waals surface area contributed by atoms with Crippen LogP contribution in [0.2, 0.25) is 0 Å². The van der Waals surface area contributed by atoms with Crippen LogP contribution in [0.4, 0.5) is 0 Å². The van der Waals surface area contributed by atoms with Gasteiger partial charge < -0.3 is 4.79 Å². The van der Waals surface area contributed by atoms with Gasteiger partial charge in [0.1, 0.15) is 17.3 Å². The molecule has 1 unspecified atom stereocenters. The van der Waals surface area contributed by atoms with Gasteiger partial charge >= 0.3 is 0 Å². The van der Waals surface area contributed by atoms with E-state index in [0.717, 1.165) is 38.5 Å². The lowest BCUT2D eigenvalue weighted by Crippen LogP contribution is -2.09. The largest absolute Gasteiger partial charge is 0.300 e. The first-order chi connectivity index (χ1) is 26.6. The number of carbonyl (C=O) groups is 3. The molecule has 0 rings (SSSR count). The van der Waals surface area contributed by atoms with E-state index in [0.29, 0.717) is 23.3 Å². The highest BCUT2D eigenvalue weighted by Gasteiger charge is 2.13. The molecule has 0 heterocycles. The van der Waals surface area contributed by atoms with Crippen LogP contribution in [0.15, 0.2) is 0 Å². The average Bonchev–Trinajstić information content (AvgIpc) is 3.17. The van der Waals surface area contributed by atoms with Gasteiger partial charge in [0.05, 0.1) is 0 Å². The molecule has 3 nitrogen and oxygen atoms in total. The Balaban J connectivity index is -0.000000358. The molecule has 0 bridgehead atoms. The first-order valence-electron chi connectivity index (χ1n) is 25.1. The Bertz CT molecular complexity index is 702. The normalized spacial score (nSPS) is 11.2. The summed E-state index contributed by atoms with van der Waals surface area (Å²) < 4.78 is 0. The molecule has 0 aliphatic heterocycles. The van der Waals surface area contributed by atoms with Crippen molar-refractivity contribution in [2.24, 2.45) is 11.8 Å². The van der Waals surface area contributed by atoms with Gasteiger partial charge in [-0.25, -0.2) is 0 Å². The molecule has 0 saturated heterocycles. The lowest BCUT2D eigenvalue weighted by atomic mass is 9.89. The second-order valence-electron chi connectivity index (χ2n) is 17.2. The maximum absolute atomic E-state index is 12.3. The molecular formula is C52H106O3. The number of rotatable bonds is 38. The van der Waals surface area contributed by atoms with Crippen molar-refractivity contribution in [3.05, 3.63) is 0 Å². The van der Waals surface area contributed by atoms with Gasteiger partial charge in [0, 0.05) is 25.2 Å². The molecule has 0 fully saturated rings. The van der Waals surface area contributed by atoms with Crippen LogP contribution in [0.1, 0.15) is 307 Å². The van der Waals surface area contributed by atoms with Gasteiger partial charge in [-0.2, -0.15) is 0 Å². The quantitative estimate of drug-likeness (QED) is 0.0587. The molecule has 0 radical (unpaired) electrons. The van der Waals surface area contributed by atoms with Crippen LogP contribution in [0.25, 0.3) is 0 Å². The van der Waals surface area contributed by atoms with Crippen molar-refractivity contribution in [3.8, 4) is 0 Å². The highest BCUT2D eigenvalue weighted by molar-refractivity contribution is 5.78. The molecular weight excluding hydrogens is 673 g/mol. The molecule has 0 aliphatic rings. The van der Waals surface area contributed by atoms with Crippen LogP contribution in [0, 0.1) is 11.8 Å². The van der Waals surface area contributed by atoms with Crippen LogP contribution in [0.5, 0.6) is 0 Å². The van der Waals surface area contributed by atoms with E-state index in [4.69, 9.17) is 0 Å². The second kappa shape index (κ2) is 55.1. The van der Waals surface area contributed by atoms with Crippen LogP contribution in [-0.4, -0.2) is 17.3 Å². The van der Waals surface area contributed by atoms with Crippen LogP contribution < -0.4 is 0 Å². The minimum atomic E-state index is 0.282. The second-order valence-corrected chi connectivity index (χ2v) is 17.2. The topological polar surface area (TPSA) is 51.2 Å². The SMILES string of the molecule is CCCCC(C)C(C)=O.CCCCCCC(C)=O.CCCCCCCCC(CCCCCCCC)CC(=O)CCCCC.CCCCCCCCCCCC. The zero-order valence-electron chi connectivity index (χ0n) is 40.0. The van der Waals surface area contributed by atoms with E-state index in [1.807, 2.05) is 6.92 Å². The zero-order valence-corrected chi connectivity index (χ0v) is 40.0. The van der Waals surface area contributed by atoms with E-state index in [9.17, 15) is 14.4 Å². The van der Waals surface area contributed by atoms with Crippen molar-refractivity contribution in [1.29, 1.82) is 0 Å². The number of carbonyl (C=O) groups excluding carboxylic acids is 3. The molecule has 55 heavy (non-hydrogen) atoms. The number of Topliss-reactive ketones (excluding diaryl/α,β-unsaturated/α-hetero) is 3. The van der Waals surface area contributed by atoms with E-state index in [1.165, 1.54) is 199 Å². The maximum Gasteiger partial charge on any atom is 0.133 e. The number of hydrogen-bond acceptors (Lipinski definition) is 3. The predicted molar refractivity (Wildman–Crippen MR) is 250 cm³/mol. The van der Waals surface area contributed by atoms with Crippen molar-refractivity contribution in [2.45, 2.75) is 307 Å². The smallest absolute Gasteiger partial charge is 0.133 e. The summed E-state index contributed by atoms with van der Waals surface area (Å²) >= 11 is 0. The van der Waals surface area contributed by atoms with Gasteiger partial charge in [-0.1, -0.05) is 254 Å². The first-order valence-corrected chi connectivity index (χ1v) is 25.1. The predicted octanol–water partition coefficient (Wildman–Crippen LogP) is 18.5. The number of hydrogen-bond donors (Lipinski definition) is 0. The summed E-state index contributed by atoms with van der Waals surface area (Å²) in [6, 6.07) is 0. The van der Waals surface area contributed by atoms with Gasteiger partial charge in [-0.05, 0) is 39.0 Å². The Labute approximate surface area is 349 Å². The molecule has 0 aliphatic carbocycles. The average molecular weight is 779 g/mol. The maximum atomic E-state index is 12.3. The summed E-state index contributed by atoms with van der Waals surface area (Å²) in [6.45, 7) is 21.0. The van der Waals surface area contributed by atoms with Crippen molar-refractivity contribution < 1.29 is 14.4 Å². The third-order valence-electron chi connectivity index (χ3n) is 11.0. The van der Waals surface area contributed by atoms with E-state index in [2.05, 4.69) is 48.5 Å². The van der Waals surface area contributed by atoms with Crippen molar-refractivity contribution >= 4 is 17.3 Å². The van der Waals surface area contributed by atoms with Gasteiger partial charge in [-0.3, -0.25) is 9.59 Å². The fourth-order valence-electron chi connectivity index (χ4n) is 6.85. The van der Waals surface area contributed by atoms with Crippen molar-refractivity contribution in [2.75, 3.05) is 0 Å². The van der Waals surface area contributed by atoms with Crippen molar-refractivity contribution in [1.82, 2.24) is 0 Å². The fourth-order valence-corrected chi connectivity index (χ4v) is 6.85. The summed E-state index contributed by atoms with van der Waals surface area (Å²) in [5.74, 6) is 2.14. The molecule has 0 saturated carbocycles. The summed E-state index contributed by atoms with van der Waals surface area (Å²) in [4.78, 5) is 33.3. The fraction of sp³-hybridized carbons (Fsp3) is 0.942. The van der Waals surface area contributed by atoms with Crippen LogP contribution in [0.3, 0.4) is 0 Å². The van der Waals surface area contributed by atoms with E-state index in [1.54, 1.807) is 13.8 Å². The lowest BCUT2D eigenvalue weighted by Gasteiger charge is -2.16. The molecule has 3 heteroatoms. The van der Waals surface area contributed by atoms with Gasteiger partial charge in [-0.15, -0.1) is 0 Å². The minimum absolute atomic E-state index is 0.282. The Morgan fingerprint density at radius 3 is 0.964 bits per heavy atom. The Morgan fingerprint density at radius 1 is 0.345 bits per heavy atom. The Kier molecular flexibility index (Phi) is 60.8. The van der Waals surface area contributed by atoms with E-state index >= 15 is 0 Å². The first kappa shape index (κ1) is 60.7.